The quantitative estimate of drug-likeness (QED) is 0.0189. The smallest absolute Gasteiger partial charge is 0.462 e. The van der Waals surface area contributed by atoms with Gasteiger partial charge in [0.05, 0.1) is 12.7 Å². The zero-order valence-electron chi connectivity index (χ0n) is 31.7. The predicted octanol–water partition coefficient (Wildman–Crippen LogP) is 10.8. The highest BCUT2D eigenvalue weighted by Gasteiger charge is 2.23. The van der Waals surface area contributed by atoms with Crippen LogP contribution in [0, 0.1) is 0 Å². The van der Waals surface area contributed by atoms with Gasteiger partial charge in [0.15, 0.2) is 6.10 Å². The topological polar surface area (TPSA) is 140 Å². The van der Waals surface area contributed by atoms with E-state index in [0.717, 1.165) is 32.1 Å². The molecule has 1 unspecified atom stereocenters. The highest BCUT2D eigenvalue weighted by Crippen LogP contribution is 2.36. The number of hydrogen-bond acceptors (Lipinski definition) is 7. The maximum atomic E-state index is 12.4. The summed E-state index contributed by atoms with van der Waals surface area (Å²) in [6, 6.07) is 0. The van der Waals surface area contributed by atoms with Crippen molar-refractivity contribution in [2.75, 3.05) is 13.2 Å². The van der Waals surface area contributed by atoms with Crippen LogP contribution >= 0.6 is 7.82 Å². The lowest BCUT2D eigenvalue weighted by Crippen LogP contribution is -2.29. The van der Waals surface area contributed by atoms with Gasteiger partial charge in [-0.25, -0.2) is 4.57 Å². The summed E-state index contributed by atoms with van der Waals surface area (Å²) in [4.78, 5) is 42.7. The van der Waals surface area contributed by atoms with Crippen LogP contribution in [0.5, 0.6) is 0 Å². The summed E-state index contributed by atoms with van der Waals surface area (Å²) in [5, 5.41) is 10.2. The van der Waals surface area contributed by atoms with Crippen LogP contribution in [0.4, 0.5) is 0 Å². The summed E-state index contributed by atoms with van der Waals surface area (Å²) in [5.41, 5.74) is 0. The fourth-order valence-corrected chi connectivity index (χ4v) is 5.86. The number of hydrogen-bond donors (Lipinski definition) is 3. The third-order valence-electron chi connectivity index (χ3n) is 8.52. The average Bonchev–Trinajstić information content (AvgIpc) is 3.07. The molecule has 0 fully saturated rings. The molecule has 0 spiro atoms. The van der Waals surface area contributed by atoms with Gasteiger partial charge in [0, 0.05) is 12.8 Å². The Balaban J connectivity index is 4.14. The summed E-state index contributed by atoms with van der Waals surface area (Å²) in [6.07, 6.45) is 37.5. The third-order valence-corrected chi connectivity index (χ3v) is 9.00. The number of carbonyl (C=O) groups excluding carboxylic acids is 2. The minimum absolute atomic E-state index is 0.0104. The number of carbonyl (C=O) groups is 2. The SMILES string of the molecule is CCCCCCCC/C=C/C/C=C/C=C/C(O)CCCC(=O)O[C@H](COC(=O)CCCCCCCCCCCCCCCC)COP(=O)(O)O. The van der Waals surface area contributed by atoms with Crippen LogP contribution in [0.3, 0.4) is 0 Å². The Hall–Kier alpha value is -1.77. The lowest BCUT2D eigenvalue weighted by molar-refractivity contribution is -0.161. The lowest BCUT2D eigenvalue weighted by Gasteiger charge is -2.18. The standard InChI is InChI=1S/C40H73O9P/c1-3-5-7-9-11-13-15-17-19-21-23-25-27-29-33-39(42)47-35-38(36-48-50(44,45)46)49-40(43)34-30-32-37(41)31-28-26-24-22-20-18-16-14-12-10-8-6-4-2/h18,20,24,26,28,31,37-38,41H,3-17,19,21-23,25,27,29-30,32-36H2,1-2H3,(H2,44,45,46)/b20-18+,26-24+,31-28+/t37?,38-/m1/s1. The van der Waals surface area contributed by atoms with E-state index in [1.807, 2.05) is 12.2 Å². The monoisotopic (exact) mass is 728 g/mol. The fraction of sp³-hybridized carbons (Fsp3) is 0.800. The Morgan fingerprint density at radius 2 is 1.14 bits per heavy atom. The molecule has 0 saturated carbocycles. The van der Waals surface area contributed by atoms with E-state index >= 15 is 0 Å². The van der Waals surface area contributed by atoms with E-state index in [4.69, 9.17) is 19.3 Å². The van der Waals surface area contributed by atoms with Crippen molar-refractivity contribution in [3.05, 3.63) is 36.5 Å². The van der Waals surface area contributed by atoms with Crippen LogP contribution in [-0.2, 0) is 28.2 Å². The van der Waals surface area contributed by atoms with Gasteiger partial charge in [0.1, 0.15) is 6.61 Å². The lowest BCUT2D eigenvalue weighted by atomic mass is 10.0. The number of aliphatic hydroxyl groups excluding tert-OH is 1. The Labute approximate surface area is 304 Å². The second-order valence-corrected chi connectivity index (χ2v) is 14.7. The van der Waals surface area contributed by atoms with E-state index in [9.17, 15) is 19.3 Å². The zero-order valence-corrected chi connectivity index (χ0v) is 32.6. The van der Waals surface area contributed by atoms with Crippen molar-refractivity contribution in [2.24, 2.45) is 0 Å². The summed E-state index contributed by atoms with van der Waals surface area (Å²) in [5.74, 6) is -1.08. The number of esters is 2. The van der Waals surface area contributed by atoms with Crippen molar-refractivity contribution in [3.63, 3.8) is 0 Å². The minimum atomic E-state index is -4.80. The largest absolute Gasteiger partial charge is 0.469 e. The minimum Gasteiger partial charge on any atom is -0.462 e. The van der Waals surface area contributed by atoms with Crippen molar-refractivity contribution in [1.82, 2.24) is 0 Å². The molecule has 0 bridgehead atoms. The maximum Gasteiger partial charge on any atom is 0.469 e. The van der Waals surface area contributed by atoms with E-state index in [1.165, 1.54) is 103 Å². The first kappa shape index (κ1) is 48.2. The second-order valence-electron chi connectivity index (χ2n) is 13.5. The normalized spacial score (nSPS) is 13.5. The van der Waals surface area contributed by atoms with Gasteiger partial charge in [-0.2, -0.15) is 0 Å². The first-order valence-corrected chi connectivity index (χ1v) is 21.4. The number of unbranched alkanes of at least 4 members (excludes halogenated alkanes) is 19. The molecule has 50 heavy (non-hydrogen) atoms. The van der Waals surface area contributed by atoms with Gasteiger partial charge in [-0.1, -0.05) is 166 Å². The molecule has 3 N–H and O–H groups in total. The first-order chi connectivity index (χ1) is 24.2. The van der Waals surface area contributed by atoms with Gasteiger partial charge in [-0.05, 0) is 38.5 Å². The molecule has 0 aliphatic heterocycles. The number of rotatable bonds is 36. The van der Waals surface area contributed by atoms with Gasteiger partial charge in [-0.15, -0.1) is 0 Å². The molecular formula is C40H73O9P. The first-order valence-electron chi connectivity index (χ1n) is 19.9. The van der Waals surface area contributed by atoms with Crippen LogP contribution in [0.2, 0.25) is 0 Å². The molecule has 0 aromatic rings. The van der Waals surface area contributed by atoms with Crippen molar-refractivity contribution in [2.45, 2.75) is 193 Å². The average molecular weight is 729 g/mol. The number of aliphatic hydroxyl groups is 1. The van der Waals surface area contributed by atoms with Crippen molar-refractivity contribution < 1.29 is 43.0 Å². The summed E-state index contributed by atoms with van der Waals surface area (Å²) in [7, 11) is -4.80. The molecule has 0 amide bonds. The molecule has 10 heteroatoms. The number of phosphoric acid groups is 1. The van der Waals surface area contributed by atoms with E-state index in [2.05, 4.69) is 30.5 Å². The number of ether oxygens (including phenoxy) is 2. The van der Waals surface area contributed by atoms with Crippen LogP contribution in [-0.4, -0.2) is 52.3 Å². The molecule has 0 aromatic carbocycles. The summed E-state index contributed by atoms with van der Waals surface area (Å²) in [6.45, 7) is 3.52. The van der Waals surface area contributed by atoms with E-state index in [0.29, 0.717) is 19.3 Å². The van der Waals surface area contributed by atoms with Gasteiger partial charge in [-0.3, -0.25) is 14.1 Å². The summed E-state index contributed by atoms with van der Waals surface area (Å²) >= 11 is 0. The molecular weight excluding hydrogens is 655 g/mol. The van der Waals surface area contributed by atoms with E-state index < -0.39 is 38.6 Å². The molecule has 0 aliphatic rings. The van der Waals surface area contributed by atoms with Crippen LogP contribution in [0.15, 0.2) is 36.5 Å². The molecule has 0 saturated heterocycles. The molecule has 0 radical (unpaired) electrons. The highest BCUT2D eigenvalue weighted by atomic mass is 31.2. The maximum absolute atomic E-state index is 12.4. The predicted molar refractivity (Wildman–Crippen MR) is 204 cm³/mol. The third kappa shape index (κ3) is 37.5. The van der Waals surface area contributed by atoms with Crippen LogP contribution < -0.4 is 0 Å². The van der Waals surface area contributed by atoms with E-state index in [-0.39, 0.29) is 19.4 Å². The van der Waals surface area contributed by atoms with Crippen LogP contribution in [0.25, 0.3) is 0 Å². The van der Waals surface area contributed by atoms with Gasteiger partial charge < -0.3 is 24.4 Å². The second kappa shape index (κ2) is 35.6. The summed E-state index contributed by atoms with van der Waals surface area (Å²) < 4.78 is 26.2. The number of allylic oxidation sites excluding steroid dienone is 5. The highest BCUT2D eigenvalue weighted by molar-refractivity contribution is 7.46. The Kier molecular flexibility index (Phi) is 34.4. The van der Waals surface area contributed by atoms with Crippen molar-refractivity contribution in [1.29, 1.82) is 0 Å². The fourth-order valence-electron chi connectivity index (χ4n) is 5.50. The molecule has 0 heterocycles. The molecule has 0 aromatic heterocycles. The van der Waals surface area contributed by atoms with Crippen molar-refractivity contribution in [3.8, 4) is 0 Å². The van der Waals surface area contributed by atoms with Crippen LogP contribution in [0.1, 0.15) is 181 Å². The molecule has 0 aliphatic carbocycles. The zero-order chi connectivity index (χ0) is 37.0. The number of phosphoric ester groups is 1. The Morgan fingerprint density at radius 3 is 1.70 bits per heavy atom. The van der Waals surface area contributed by atoms with E-state index in [1.54, 1.807) is 12.2 Å². The Morgan fingerprint density at radius 1 is 0.620 bits per heavy atom. The van der Waals surface area contributed by atoms with Gasteiger partial charge >= 0.3 is 19.8 Å². The Bertz CT molecular complexity index is 928. The molecule has 0 rings (SSSR count). The molecule has 2 atom stereocenters. The molecule has 292 valence electrons. The molecule has 9 nitrogen and oxygen atoms in total. The van der Waals surface area contributed by atoms with Gasteiger partial charge in [0.2, 0.25) is 0 Å². The van der Waals surface area contributed by atoms with Gasteiger partial charge in [0.25, 0.3) is 0 Å². The van der Waals surface area contributed by atoms with Crippen molar-refractivity contribution >= 4 is 19.8 Å².